The first-order chi connectivity index (χ1) is 11.5. The van der Waals surface area contributed by atoms with Crippen LogP contribution in [0.2, 0.25) is 0 Å². The summed E-state index contributed by atoms with van der Waals surface area (Å²) >= 11 is 0. The highest BCUT2D eigenvalue weighted by atomic mass is 19.1. The number of benzene rings is 1. The van der Waals surface area contributed by atoms with Crippen molar-refractivity contribution in [2.75, 3.05) is 39.8 Å². The molecule has 1 aromatic rings. The highest BCUT2D eigenvalue weighted by Crippen LogP contribution is 2.25. The van der Waals surface area contributed by atoms with Crippen LogP contribution in [0.3, 0.4) is 0 Å². The van der Waals surface area contributed by atoms with Crippen LogP contribution in [0.15, 0.2) is 18.2 Å². The molecule has 0 bridgehead atoms. The van der Waals surface area contributed by atoms with Gasteiger partial charge >= 0.3 is 0 Å². The third-order valence-corrected chi connectivity index (χ3v) is 4.89. The second-order valence-corrected chi connectivity index (χ2v) is 6.78. The molecule has 0 unspecified atom stereocenters. The molecule has 2 amide bonds. The normalized spacial score (nSPS) is 18.2. The zero-order chi connectivity index (χ0) is 17.3. The van der Waals surface area contributed by atoms with E-state index in [1.165, 1.54) is 18.9 Å². The Morgan fingerprint density at radius 1 is 1.17 bits per heavy atom. The molecule has 1 heterocycles. The summed E-state index contributed by atoms with van der Waals surface area (Å²) in [6.07, 6.45) is 2.36. The lowest BCUT2D eigenvalue weighted by Gasteiger charge is -2.35. The van der Waals surface area contributed by atoms with Crippen molar-refractivity contribution in [3.05, 3.63) is 35.1 Å². The van der Waals surface area contributed by atoms with Crippen molar-refractivity contribution in [2.45, 2.75) is 25.8 Å². The van der Waals surface area contributed by atoms with Crippen molar-refractivity contribution in [3.8, 4) is 0 Å². The van der Waals surface area contributed by atoms with E-state index in [1.54, 1.807) is 24.0 Å². The molecule has 5 nitrogen and oxygen atoms in total. The minimum Gasteiger partial charge on any atom is -0.338 e. The second-order valence-electron chi connectivity index (χ2n) is 6.78. The van der Waals surface area contributed by atoms with Gasteiger partial charge in [0.1, 0.15) is 5.82 Å². The smallest absolute Gasteiger partial charge is 0.254 e. The third kappa shape index (κ3) is 3.75. The number of carbonyl (C=O) groups excluding carboxylic acids is 2. The molecular formula is C18H24FN3O2. The second kappa shape index (κ2) is 6.89. The summed E-state index contributed by atoms with van der Waals surface area (Å²) in [6.45, 7) is 4.18. The van der Waals surface area contributed by atoms with E-state index in [2.05, 4.69) is 4.90 Å². The van der Waals surface area contributed by atoms with E-state index in [4.69, 9.17) is 0 Å². The van der Waals surface area contributed by atoms with Crippen molar-refractivity contribution in [3.63, 3.8) is 0 Å². The SMILES string of the molecule is Cc1ccc(C(=O)N2CCN(C(=O)CN(C)C3CC3)CC2)cc1F. The molecule has 1 saturated heterocycles. The van der Waals surface area contributed by atoms with Gasteiger partial charge in [0.05, 0.1) is 6.54 Å². The number of carbonyl (C=O) groups is 2. The van der Waals surface area contributed by atoms with Crippen LogP contribution in [-0.4, -0.2) is 72.3 Å². The molecule has 3 rings (SSSR count). The Labute approximate surface area is 142 Å². The first-order valence-corrected chi connectivity index (χ1v) is 8.49. The maximum Gasteiger partial charge on any atom is 0.254 e. The minimum absolute atomic E-state index is 0.123. The van der Waals surface area contributed by atoms with Crippen LogP contribution in [0.5, 0.6) is 0 Å². The molecule has 0 aromatic heterocycles. The van der Waals surface area contributed by atoms with Crippen molar-refractivity contribution < 1.29 is 14.0 Å². The molecule has 6 heteroatoms. The minimum atomic E-state index is -0.363. The number of likely N-dealkylation sites (N-methyl/N-ethyl adjacent to an activating group) is 1. The largest absolute Gasteiger partial charge is 0.338 e. The fraction of sp³-hybridized carbons (Fsp3) is 0.556. The fourth-order valence-electron chi connectivity index (χ4n) is 3.03. The van der Waals surface area contributed by atoms with Gasteiger partial charge in [-0.3, -0.25) is 14.5 Å². The molecule has 1 saturated carbocycles. The Kier molecular flexibility index (Phi) is 4.85. The van der Waals surface area contributed by atoms with Crippen LogP contribution < -0.4 is 0 Å². The molecule has 24 heavy (non-hydrogen) atoms. The molecule has 0 spiro atoms. The first kappa shape index (κ1) is 16.9. The Balaban J connectivity index is 1.53. The highest BCUT2D eigenvalue weighted by Gasteiger charge is 2.30. The summed E-state index contributed by atoms with van der Waals surface area (Å²) in [7, 11) is 1.99. The summed E-state index contributed by atoms with van der Waals surface area (Å²) < 4.78 is 13.6. The van der Waals surface area contributed by atoms with Crippen LogP contribution >= 0.6 is 0 Å². The van der Waals surface area contributed by atoms with E-state index in [9.17, 15) is 14.0 Å². The molecule has 0 radical (unpaired) electrons. The number of piperazine rings is 1. The third-order valence-electron chi connectivity index (χ3n) is 4.89. The average molecular weight is 333 g/mol. The predicted octanol–water partition coefficient (Wildman–Crippen LogP) is 1.51. The number of nitrogens with zero attached hydrogens (tertiary/aromatic N) is 3. The quantitative estimate of drug-likeness (QED) is 0.839. The molecule has 0 N–H and O–H groups in total. The van der Waals surface area contributed by atoms with Gasteiger partial charge in [0.15, 0.2) is 0 Å². The number of hydrogen-bond donors (Lipinski definition) is 0. The van der Waals surface area contributed by atoms with Crippen molar-refractivity contribution in [1.29, 1.82) is 0 Å². The topological polar surface area (TPSA) is 43.9 Å². The van der Waals surface area contributed by atoms with E-state index in [0.29, 0.717) is 49.9 Å². The summed E-state index contributed by atoms with van der Waals surface area (Å²) in [5.41, 5.74) is 0.896. The van der Waals surface area contributed by atoms with Gasteiger partial charge in [0.25, 0.3) is 5.91 Å². The number of halogens is 1. The van der Waals surface area contributed by atoms with Crippen LogP contribution in [-0.2, 0) is 4.79 Å². The number of amides is 2. The van der Waals surface area contributed by atoms with Gasteiger partial charge in [0.2, 0.25) is 5.91 Å². The molecule has 1 aliphatic carbocycles. The van der Waals surface area contributed by atoms with Gasteiger partial charge in [0, 0.05) is 37.8 Å². The van der Waals surface area contributed by atoms with Crippen LogP contribution in [0, 0.1) is 12.7 Å². The first-order valence-electron chi connectivity index (χ1n) is 8.49. The maximum atomic E-state index is 13.6. The van der Waals surface area contributed by atoms with Gasteiger partial charge in [-0.1, -0.05) is 6.07 Å². The Morgan fingerprint density at radius 2 is 1.79 bits per heavy atom. The molecule has 2 aliphatic rings. The van der Waals surface area contributed by atoms with Gasteiger partial charge in [-0.15, -0.1) is 0 Å². The molecule has 1 aromatic carbocycles. The van der Waals surface area contributed by atoms with Crippen molar-refractivity contribution in [2.24, 2.45) is 0 Å². The Hall–Kier alpha value is -1.95. The van der Waals surface area contributed by atoms with Crippen LogP contribution in [0.25, 0.3) is 0 Å². The van der Waals surface area contributed by atoms with Crippen LogP contribution in [0.4, 0.5) is 4.39 Å². The zero-order valence-corrected chi connectivity index (χ0v) is 14.3. The van der Waals surface area contributed by atoms with E-state index >= 15 is 0 Å². The van der Waals surface area contributed by atoms with E-state index < -0.39 is 0 Å². The Morgan fingerprint density at radius 3 is 2.38 bits per heavy atom. The van der Waals surface area contributed by atoms with E-state index in [1.807, 2.05) is 11.9 Å². The van der Waals surface area contributed by atoms with E-state index in [0.717, 1.165) is 0 Å². The van der Waals surface area contributed by atoms with Gasteiger partial charge in [-0.25, -0.2) is 4.39 Å². The zero-order valence-electron chi connectivity index (χ0n) is 14.3. The highest BCUT2D eigenvalue weighted by molar-refractivity contribution is 5.94. The number of hydrogen-bond acceptors (Lipinski definition) is 3. The molecule has 2 fully saturated rings. The maximum absolute atomic E-state index is 13.6. The van der Waals surface area contributed by atoms with E-state index in [-0.39, 0.29) is 17.6 Å². The number of aryl methyl sites for hydroxylation is 1. The molecule has 130 valence electrons. The van der Waals surface area contributed by atoms with Gasteiger partial charge in [-0.2, -0.15) is 0 Å². The fourth-order valence-corrected chi connectivity index (χ4v) is 3.03. The summed E-state index contributed by atoms with van der Waals surface area (Å²) in [4.78, 5) is 30.4. The summed E-state index contributed by atoms with van der Waals surface area (Å²) in [5.74, 6) is -0.410. The van der Waals surface area contributed by atoms with Crippen molar-refractivity contribution >= 4 is 11.8 Å². The predicted molar refractivity (Wildman–Crippen MR) is 89.3 cm³/mol. The van der Waals surface area contributed by atoms with Gasteiger partial charge in [-0.05, 0) is 44.5 Å². The number of rotatable bonds is 4. The monoisotopic (exact) mass is 333 g/mol. The molecule has 1 aliphatic heterocycles. The lowest BCUT2D eigenvalue weighted by atomic mass is 10.1. The lowest BCUT2D eigenvalue weighted by Crippen LogP contribution is -2.52. The molecular weight excluding hydrogens is 309 g/mol. The summed E-state index contributed by atoms with van der Waals surface area (Å²) in [6, 6.07) is 5.13. The van der Waals surface area contributed by atoms with Crippen molar-refractivity contribution in [1.82, 2.24) is 14.7 Å². The average Bonchev–Trinajstić information content (AvgIpc) is 3.42. The lowest BCUT2D eigenvalue weighted by molar-refractivity contribution is -0.133. The van der Waals surface area contributed by atoms with Crippen LogP contribution in [0.1, 0.15) is 28.8 Å². The van der Waals surface area contributed by atoms with Gasteiger partial charge < -0.3 is 9.80 Å². The molecule has 0 atom stereocenters. The standard InChI is InChI=1S/C18H24FN3O2/c1-13-3-4-14(11-16(13)19)18(24)22-9-7-21(8-10-22)17(23)12-20(2)15-5-6-15/h3-4,11,15H,5-10,12H2,1-2H3. The Bertz CT molecular complexity index is 637. The summed E-state index contributed by atoms with van der Waals surface area (Å²) in [5, 5.41) is 0.